The van der Waals surface area contributed by atoms with Gasteiger partial charge in [0.15, 0.2) is 11.5 Å². The average molecular weight is 318 g/mol. The molecule has 0 radical (unpaired) electrons. The molecule has 0 unspecified atom stereocenters. The van der Waals surface area contributed by atoms with Gasteiger partial charge in [-0.1, -0.05) is 29.7 Å². The van der Waals surface area contributed by atoms with Crippen LogP contribution in [0, 0.1) is 5.82 Å². The van der Waals surface area contributed by atoms with Crippen molar-refractivity contribution in [1.82, 2.24) is 5.16 Å². The molecule has 0 aliphatic carbocycles. The summed E-state index contributed by atoms with van der Waals surface area (Å²) in [5, 5.41) is 3.88. The van der Waals surface area contributed by atoms with Crippen LogP contribution in [0.4, 0.5) is 9.18 Å². The Bertz CT molecular complexity index is 622. The van der Waals surface area contributed by atoms with E-state index in [1.54, 1.807) is 0 Å². The van der Waals surface area contributed by atoms with E-state index in [0.29, 0.717) is 12.2 Å². The van der Waals surface area contributed by atoms with E-state index in [1.807, 2.05) is 6.92 Å². The first-order valence-electron chi connectivity index (χ1n) is 5.84. The zero-order valence-electron chi connectivity index (χ0n) is 10.5. The summed E-state index contributed by atoms with van der Waals surface area (Å²) in [5.41, 5.74) is -1.03. The number of benzene rings is 1. The van der Waals surface area contributed by atoms with Crippen molar-refractivity contribution in [2.45, 2.75) is 19.8 Å². The molecule has 0 spiro atoms. The molecule has 0 aliphatic rings. The summed E-state index contributed by atoms with van der Waals surface area (Å²) in [5.74, 6) is -0.282. The smallest absolute Gasteiger partial charge is 0.408 e. The predicted molar refractivity (Wildman–Crippen MR) is 72.8 cm³/mol. The Hall–Kier alpha value is -1.59. The maximum absolute atomic E-state index is 13.9. The summed E-state index contributed by atoms with van der Waals surface area (Å²) in [6, 6.07) is 4.18. The summed E-state index contributed by atoms with van der Waals surface area (Å²) in [7, 11) is 0. The number of aromatic nitrogens is 1. The Morgan fingerprint density at radius 1 is 1.50 bits per heavy atom. The Kier molecular flexibility index (Phi) is 4.62. The monoisotopic (exact) mass is 317 g/mol. The number of aryl methyl sites for hydroxylation is 1. The number of nitrogens with zero attached hydrogens (tertiary/aromatic N) is 1. The molecule has 20 heavy (non-hydrogen) atoms. The highest BCUT2D eigenvalue weighted by Gasteiger charge is 2.24. The van der Waals surface area contributed by atoms with Crippen LogP contribution < -0.4 is 4.74 Å². The summed E-state index contributed by atoms with van der Waals surface area (Å²) in [6.45, 7) is 1.91. The molecule has 2 rings (SSSR count). The lowest BCUT2D eigenvalue weighted by molar-refractivity contribution is 0.224. The zero-order chi connectivity index (χ0) is 14.7. The Balaban J connectivity index is 2.59. The second-order valence-electron chi connectivity index (χ2n) is 3.97. The van der Waals surface area contributed by atoms with Crippen LogP contribution in [0.25, 0.3) is 11.3 Å². The Morgan fingerprint density at radius 2 is 2.25 bits per heavy atom. The number of carbonyl (C=O) groups is 1. The minimum Gasteiger partial charge on any atom is -0.408 e. The van der Waals surface area contributed by atoms with E-state index in [1.165, 1.54) is 18.2 Å². The first kappa shape index (κ1) is 14.8. The standard InChI is InChI=1S/C13H10Cl2FNO3/c1-2-4-9-12(19-13(15)18)11(17-20-9)10-7(14)5-3-6-8(10)16/h3,5-6H,2,4H2,1H3. The maximum atomic E-state index is 13.9. The van der Waals surface area contributed by atoms with Crippen LogP contribution in [0.1, 0.15) is 19.1 Å². The second kappa shape index (κ2) is 6.24. The molecule has 7 heteroatoms. The summed E-state index contributed by atoms with van der Waals surface area (Å²) < 4.78 is 23.9. The predicted octanol–water partition coefficient (Wildman–Crippen LogP) is 4.82. The van der Waals surface area contributed by atoms with Gasteiger partial charge in [0.05, 0.1) is 10.6 Å². The molecule has 0 N–H and O–H groups in total. The van der Waals surface area contributed by atoms with Gasteiger partial charge >= 0.3 is 5.43 Å². The van der Waals surface area contributed by atoms with Gasteiger partial charge in [0.25, 0.3) is 0 Å². The van der Waals surface area contributed by atoms with Crippen molar-refractivity contribution in [1.29, 1.82) is 0 Å². The van der Waals surface area contributed by atoms with Crippen molar-refractivity contribution in [3.05, 3.63) is 34.8 Å². The molecule has 0 amide bonds. The van der Waals surface area contributed by atoms with Crippen LogP contribution in [0.15, 0.2) is 22.7 Å². The first-order chi connectivity index (χ1) is 9.54. The van der Waals surface area contributed by atoms with Gasteiger partial charge in [-0.3, -0.25) is 0 Å². The van der Waals surface area contributed by atoms with Crippen LogP contribution in [0.5, 0.6) is 5.75 Å². The van der Waals surface area contributed by atoms with Crippen LogP contribution in [0.2, 0.25) is 5.02 Å². The fraction of sp³-hybridized carbons (Fsp3) is 0.231. The normalized spacial score (nSPS) is 10.6. The summed E-state index contributed by atoms with van der Waals surface area (Å²) in [6.07, 6.45) is 1.20. The number of rotatable bonds is 4. The van der Waals surface area contributed by atoms with Crippen molar-refractivity contribution in [3.8, 4) is 17.0 Å². The molecule has 106 valence electrons. The van der Waals surface area contributed by atoms with E-state index in [9.17, 15) is 9.18 Å². The van der Waals surface area contributed by atoms with Gasteiger partial charge in [0, 0.05) is 18.0 Å². The molecule has 1 aromatic heterocycles. The van der Waals surface area contributed by atoms with Crippen molar-refractivity contribution in [2.24, 2.45) is 0 Å². The SMILES string of the molecule is CCCc1onc(-c2c(F)cccc2Cl)c1OC(=O)Cl. The van der Waals surface area contributed by atoms with E-state index < -0.39 is 11.2 Å². The van der Waals surface area contributed by atoms with Gasteiger partial charge in [-0.15, -0.1) is 0 Å². The van der Waals surface area contributed by atoms with E-state index >= 15 is 0 Å². The van der Waals surface area contributed by atoms with E-state index in [0.717, 1.165) is 6.42 Å². The molecule has 4 nitrogen and oxygen atoms in total. The molecule has 1 heterocycles. The Morgan fingerprint density at radius 3 is 2.85 bits per heavy atom. The van der Waals surface area contributed by atoms with Gasteiger partial charge in [0.1, 0.15) is 5.82 Å². The lowest BCUT2D eigenvalue weighted by atomic mass is 10.1. The molecule has 0 saturated heterocycles. The molecule has 0 atom stereocenters. The van der Waals surface area contributed by atoms with Crippen molar-refractivity contribution < 1.29 is 18.4 Å². The Labute approximate surface area is 124 Å². The molecule has 1 aromatic carbocycles. The van der Waals surface area contributed by atoms with Crippen LogP contribution >= 0.6 is 23.2 Å². The number of hydrogen-bond donors (Lipinski definition) is 0. The highest BCUT2D eigenvalue weighted by Crippen LogP contribution is 2.38. The van der Waals surface area contributed by atoms with E-state index in [2.05, 4.69) is 5.16 Å². The van der Waals surface area contributed by atoms with Gasteiger partial charge in [-0.2, -0.15) is 0 Å². The lowest BCUT2D eigenvalue weighted by Gasteiger charge is -2.05. The number of halogens is 3. The summed E-state index contributed by atoms with van der Waals surface area (Å²) >= 11 is 11.2. The third kappa shape index (κ3) is 2.94. The zero-order valence-corrected chi connectivity index (χ0v) is 12.0. The van der Waals surface area contributed by atoms with Crippen molar-refractivity contribution >= 4 is 28.6 Å². The quantitative estimate of drug-likeness (QED) is 0.758. The molecular formula is C13H10Cl2FNO3. The topological polar surface area (TPSA) is 52.3 Å². The fourth-order valence-electron chi connectivity index (χ4n) is 1.77. The van der Waals surface area contributed by atoms with E-state index in [4.69, 9.17) is 32.5 Å². The molecule has 0 bridgehead atoms. The average Bonchev–Trinajstić information content (AvgIpc) is 2.73. The van der Waals surface area contributed by atoms with Crippen LogP contribution in [-0.4, -0.2) is 10.6 Å². The van der Waals surface area contributed by atoms with Gasteiger partial charge < -0.3 is 9.26 Å². The van der Waals surface area contributed by atoms with E-state index in [-0.39, 0.29) is 22.0 Å². The minimum absolute atomic E-state index is 0.00106. The number of ether oxygens (including phenoxy) is 1. The fourth-order valence-corrected chi connectivity index (χ4v) is 2.10. The van der Waals surface area contributed by atoms with Gasteiger partial charge in [0.2, 0.25) is 5.75 Å². The molecule has 0 fully saturated rings. The van der Waals surface area contributed by atoms with Crippen molar-refractivity contribution in [3.63, 3.8) is 0 Å². The second-order valence-corrected chi connectivity index (χ2v) is 4.69. The van der Waals surface area contributed by atoms with Crippen LogP contribution in [-0.2, 0) is 6.42 Å². The molecule has 2 aromatic rings. The molecule has 0 saturated carbocycles. The maximum Gasteiger partial charge on any atom is 0.409 e. The van der Waals surface area contributed by atoms with Crippen LogP contribution in [0.3, 0.4) is 0 Å². The molecule has 0 aliphatic heterocycles. The number of carbonyl (C=O) groups excluding carboxylic acids is 1. The van der Waals surface area contributed by atoms with Gasteiger partial charge in [-0.25, -0.2) is 9.18 Å². The largest absolute Gasteiger partial charge is 0.409 e. The summed E-state index contributed by atoms with van der Waals surface area (Å²) in [4.78, 5) is 11.0. The molecular weight excluding hydrogens is 308 g/mol. The van der Waals surface area contributed by atoms with Gasteiger partial charge in [-0.05, 0) is 18.6 Å². The highest BCUT2D eigenvalue weighted by molar-refractivity contribution is 6.61. The number of hydrogen-bond acceptors (Lipinski definition) is 4. The third-order valence-corrected chi connectivity index (χ3v) is 2.97. The highest BCUT2D eigenvalue weighted by atomic mass is 35.5. The van der Waals surface area contributed by atoms with Crippen molar-refractivity contribution in [2.75, 3.05) is 0 Å². The minimum atomic E-state index is -1.06. The first-order valence-corrected chi connectivity index (χ1v) is 6.60. The third-order valence-electron chi connectivity index (χ3n) is 2.57. The lowest BCUT2D eigenvalue weighted by Crippen LogP contribution is -2.00.